The predicted octanol–water partition coefficient (Wildman–Crippen LogP) is 3.61. The Balaban J connectivity index is 1.93. The fourth-order valence-electron chi connectivity index (χ4n) is 3.05. The molecule has 0 aliphatic carbocycles. The second kappa shape index (κ2) is 8.24. The zero-order valence-corrected chi connectivity index (χ0v) is 17.1. The molecule has 0 fully saturated rings. The minimum absolute atomic E-state index is 0.216. The van der Waals surface area contributed by atoms with E-state index in [-0.39, 0.29) is 18.9 Å². The Hall–Kier alpha value is -2.51. The molecule has 1 heterocycles. The summed E-state index contributed by atoms with van der Waals surface area (Å²) < 4.78 is 43.2. The van der Waals surface area contributed by atoms with Crippen LogP contribution in [-0.4, -0.2) is 29.0 Å². The number of halogens is 1. The molecule has 28 heavy (non-hydrogen) atoms. The van der Waals surface area contributed by atoms with E-state index >= 15 is 0 Å². The topological polar surface area (TPSA) is 55.2 Å². The van der Waals surface area contributed by atoms with Crippen LogP contribution in [-0.2, 0) is 30.0 Å². The number of hydrogen-bond donors (Lipinski definition) is 0. The van der Waals surface area contributed by atoms with E-state index in [2.05, 4.69) is 5.10 Å². The van der Waals surface area contributed by atoms with Crippen LogP contribution < -0.4 is 0 Å². The molecule has 0 spiro atoms. The Kier molecular flexibility index (Phi) is 5.96. The molecule has 0 saturated heterocycles. The molecule has 0 saturated carbocycles. The molecular weight excluding hydrogens is 377 g/mol. The van der Waals surface area contributed by atoms with Crippen molar-refractivity contribution in [3.8, 4) is 0 Å². The zero-order chi connectivity index (χ0) is 20.3. The molecule has 0 atom stereocenters. The first kappa shape index (κ1) is 20.2. The van der Waals surface area contributed by atoms with Crippen molar-refractivity contribution in [2.45, 2.75) is 31.7 Å². The van der Waals surface area contributed by atoms with Crippen molar-refractivity contribution >= 4 is 10.0 Å². The summed E-state index contributed by atoms with van der Waals surface area (Å²) in [7, 11) is -1.92. The first-order chi connectivity index (χ1) is 13.3. The molecule has 0 N–H and O–H groups in total. The standard InChI is InChI=1S/C21H24FN3O2S/c1-16-4-5-17(2)21(14-16)28(26,27)25(15-20-10-12-23-24(20)3)13-11-18-6-8-19(22)9-7-18/h4-10,12,14H,11,13,15H2,1-3H3. The lowest BCUT2D eigenvalue weighted by Crippen LogP contribution is -2.33. The maximum Gasteiger partial charge on any atom is 0.243 e. The van der Waals surface area contributed by atoms with E-state index in [1.165, 1.54) is 16.4 Å². The van der Waals surface area contributed by atoms with Crippen molar-refractivity contribution in [3.05, 3.63) is 82.9 Å². The molecule has 0 aliphatic heterocycles. The third kappa shape index (κ3) is 4.48. The lowest BCUT2D eigenvalue weighted by atomic mass is 10.1. The van der Waals surface area contributed by atoms with E-state index in [1.54, 1.807) is 43.0 Å². The summed E-state index contributed by atoms with van der Waals surface area (Å²) in [6, 6.07) is 13.4. The molecule has 3 aromatic rings. The van der Waals surface area contributed by atoms with Crippen molar-refractivity contribution in [1.29, 1.82) is 0 Å². The largest absolute Gasteiger partial charge is 0.271 e. The number of aryl methyl sites for hydroxylation is 3. The Morgan fingerprint density at radius 3 is 2.43 bits per heavy atom. The Bertz CT molecular complexity index is 1060. The summed E-state index contributed by atoms with van der Waals surface area (Å²) in [5, 5.41) is 4.14. The normalized spacial score (nSPS) is 11.9. The van der Waals surface area contributed by atoms with E-state index in [0.717, 1.165) is 16.8 Å². The SMILES string of the molecule is Cc1ccc(C)c(S(=O)(=O)N(CCc2ccc(F)cc2)Cc2ccnn2C)c1. The van der Waals surface area contributed by atoms with Gasteiger partial charge in [0.15, 0.2) is 0 Å². The lowest BCUT2D eigenvalue weighted by Gasteiger charge is -2.23. The number of aromatic nitrogens is 2. The van der Waals surface area contributed by atoms with Gasteiger partial charge in [0, 0.05) is 19.8 Å². The van der Waals surface area contributed by atoms with Crippen LogP contribution in [0, 0.1) is 19.7 Å². The number of sulfonamides is 1. The molecule has 0 unspecified atom stereocenters. The lowest BCUT2D eigenvalue weighted by molar-refractivity contribution is 0.398. The van der Waals surface area contributed by atoms with Crippen LogP contribution in [0.25, 0.3) is 0 Å². The van der Waals surface area contributed by atoms with Crippen molar-refractivity contribution in [2.75, 3.05) is 6.54 Å². The first-order valence-corrected chi connectivity index (χ1v) is 10.5. The molecule has 2 aromatic carbocycles. The summed E-state index contributed by atoms with van der Waals surface area (Å²) in [6.45, 7) is 4.18. The molecule has 148 valence electrons. The highest BCUT2D eigenvalue weighted by Gasteiger charge is 2.27. The highest BCUT2D eigenvalue weighted by molar-refractivity contribution is 7.89. The van der Waals surface area contributed by atoms with E-state index in [0.29, 0.717) is 16.9 Å². The van der Waals surface area contributed by atoms with Gasteiger partial charge in [0.2, 0.25) is 10.0 Å². The molecule has 5 nitrogen and oxygen atoms in total. The summed E-state index contributed by atoms with van der Waals surface area (Å²) >= 11 is 0. The molecule has 3 rings (SSSR count). The van der Waals surface area contributed by atoms with Crippen LogP contribution in [0.2, 0.25) is 0 Å². The van der Waals surface area contributed by atoms with Gasteiger partial charge >= 0.3 is 0 Å². The third-order valence-corrected chi connectivity index (χ3v) is 6.77. The third-order valence-electron chi connectivity index (χ3n) is 4.79. The summed E-state index contributed by atoms with van der Waals surface area (Å²) in [6.07, 6.45) is 2.14. The van der Waals surface area contributed by atoms with E-state index < -0.39 is 10.0 Å². The molecule has 0 radical (unpaired) electrons. The smallest absolute Gasteiger partial charge is 0.243 e. The molecule has 7 heteroatoms. The van der Waals surface area contributed by atoms with Crippen LogP contribution in [0.4, 0.5) is 4.39 Å². The Morgan fingerprint density at radius 1 is 1.07 bits per heavy atom. The molecule has 0 bridgehead atoms. The van der Waals surface area contributed by atoms with Crippen molar-refractivity contribution in [3.63, 3.8) is 0 Å². The number of nitrogens with zero attached hydrogens (tertiary/aromatic N) is 3. The van der Waals surface area contributed by atoms with Crippen molar-refractivity contribution in [1.82, 2.24) is 14.1 Å². The van der Waals surface area contributed by atoms with Gasteiger partial charge in [0.05, 0.1) is 17.1 Å². The second-order valence-electron chi connectivity index (χ2n) is 6.93. The van der Waals surface area contributed by atoms with Crippen molar-refractivity contribution in [2.24, 2.45) is 7.05 Å². The molecular formula is C21H24FN3O2S. The average molecular weight is 402 g/mol. The number of benzene rings is 2. The second-order valence-corrected chi connectivity index (χ2v) is 8.84. The highest BCUT2D eigenvalue weighted by Crippen LogP contribution is 2.23. The summed E-state index contributed by atoms with van der Waals surface area (Å²) in [5.74, 6) is -0.307. The van der Waals surface area contributed by atoms with E-state index in [9.17, 15) is 12.8 Å². The van der Waals surface area contributed by atoms with Gasteiger partial charge in [-0.2, -0.15) is 9.40 Å². The van der Waals surface area contributed by atoms with Gasteiger partial charge in [-0.3, -0.25) is 4.68 Å². The van der Waals surface area contributed by atoms with Crippen LogP contribution in [0.5, 0.6) is 0 Å². The Labute approximate surface area is 165 Å². The van der Waals surface area contributed by atoms with Crippen LogP contribution >= 0.6 is 0 Å². The average Bonchev–Trinajstić information content (AvgIpc) is 3.06. The van der Waals surface area contributed by atoms with Crippen LogP contribution in [0.1, 0.15) is 22.4 Å². The predicted molar refractivity (Wildman–Crippen MR) is 107 cm³/mol. The van der Waals surface area contributed by atoms with Gasteiger partial charge in [-0.25, -0.2) is 12.8 Å². The molecule has 1 aromatic heterocycles. The van der Waals surface area contributed by atoms with E-state index in [4.69, 9.17) is 0 Å². The summed E-state index contributed by atoms with van der Waals surface area (Å²) in [4.78, 5) is 0.314. The van der Waals surface area contributed by atoms with Crippen LogP contribution in [0.3, 0.4) is 0 Å². The molecule has 0 aliphatic rings. The number of hydrogen-bond acceptors (Lipinski definition) is 3. The monoisotopic (exact) mass is 401 g/mol. The zero-order valence-electron chi connectivity index (χ0n) is 16.3. The van der Waals surface area contributed by atoms with Crippen molar-refractivity contribution < 1.29 is 12.8 Å². The van der Waals surface area contributed by atoms with Gasteiger partial charge in [-0.15, -0.1) is 0 Å². The fraction of sp³-hybridized carbons (Fsp3) is 0.286. The fourth-order valence-corrected chi connectivity index (χ4v) is 4.77. The van der Waals surface area contributed by atoms with E-state index in [1.807, 2.05) is 25.1 Å². The number of rotatable bonds is 7. The van der Waals surface area contributed by atoms with Crippen LogP contribution in [0.15, 0.2) is 59.6 Å². The van der Waals surface area contributed by atoms with Gasteiger partial charge in [-0.1, -0.05) is 24.3 Å². The molecule has 0 amide bonds. The Morgan fingerprint density at radius 2 is 1.79 bits per heavy atom. The van der Waals surface area contributed by atoms with Gasteiger partial charge in [0.1, 0.15) is 5.82 Å². The van der Waals surface area contributed by atoms with Gasteiger partial charge in [-0.05, 0) is 61.2 Å². The maximum absolute atomic E-state index is 13.5. The van der Waals surface area contributed by atoms with Gasteiger partial charge < -0.3 is 0 Å². The maximum atomic E-state index is 13.5. The minimum Gasteiger partial charge on any atom is -0.271 e. The van der Waals surface area contributed by atoms with Gasteiger partial charge in [0.25, 0.3) is 0 Å². The minimum atomic E-state index is -3.71. The first-order valence-electron chi connectivity index (χ1n) is 9.06. The summed E-state index contributed by atoms with van der Waals surface area (Å²) in [5.41, 5.74) is 3.28. The quantitative estimate of drug-likeness (QED) is 0.608. The highest BCUT2D eigenvalue weighted by atomic mass is 32.2.